The predicted molar refractivity (Wildman–Crippen MR) is 68.2 cm³/mol. The topological polar surface area (TPSA) is 85.1 Å². The number of hydrogen-bond acceptors (Lipinski definition) is 4. The van der Waals surface area contributed by atoms with E-state index in [1.165, 1.54) is 18.3 Å². The van der Waals surface area contributed by atoms with E-state index >= 15 is 0 Å². The van der Waals surface area contributed by atoms with E-state index in [1.54, 1.807) is 0 Å². The van der Waals surface area contributed by atoms with Crippen LogP contribution in [-0.4, -0.2) is 19.4 Å². The lowest BCUT2D eigenvalue weighted by molar-refractivity contribution is 0.471. The quantitative estimate of drug-likeness (QED) is 0.837. The Morgan fingerprint density at radius 3 is 2.39 bits per heavy atom. The van der Waals surface area contributed by atoms with E-state index in [4.69, 9.17) is 5.73 Å². The summed E-state index contributed by atoms with van der Waals surface area (Å²) in [6.45, 7) is 0. The largest absolute Gasteiger partial charge is 0.384 e. The molecule has 0 radical (unpaired) electrons. The number of nitrogens with zero attached hydrogens (tertiary/aromatic N) is 1. The van der Waals surface area contributed by atoms with Crippen molar-refractivity contribution in [2.24, 2.45) is 11.8 Å². The third-order valence-corrected chi connectivity index (χ3v) is 5.07. The molecular formula is C12H17N3O2S. The van der Waals surface area contributed by atoms with Gasteiger partial charge in [-0.05, 0) is 43.6 Å². The van der Waals surface area contributed by atoms with Gasteiger partial charge in [0.1, 0.15) is 5.82 Å². The maximum atomic E-state index is 12.3. The van der Waals surface area contributed by atoms with Gasteiger partial charge in [-0.1, -0.05) is 0 Å². The van der Waals surface area contributed by atoms with Crippen LogP contribution in [0, 0.1) is 11.8 Å². The second-order valence-electron chi connectivity index (χ2n) is 5.24. The molecule has 2 fully saturated rings. The van der Waals surface area contributed by atoms with Gasteiger partial charge in [0.05, 0.1) is 4.90 Å². The third-order valence-electron chi connectivity index (χ3n) is 3.61. The summed E-state index contributed by atoms with van der Waals surface area (Å²) in [5.74, 6) is 1.30. The molecule has 5 nitrogen and oxygen atoms in total. The van der Waals surface area contributed by atoms with Crippen LogP contribution >= 0.6 is 0 Å². The lowest BCUT2D eigenvalue weighted by Gasteiger charge is -2.17. The molecule has 0 spiro atoms. The van der Waals surface area contributed by atoms with Crippen molar-refractivity contribution in [3.05, 3.63) is 18.3 Å². The second-order valence-corrected chi connectivity index (χ2v) is 6.95. The summed E-state index contributed by atoms with van der Waals surface area (Å²) in [4.78, 5) is 4.02. The number of nitrogen functional groups attached to an aromatic ring is 1. The molecule has 1 aromatic rings. The molecule has 0 aromatic carbocycles. The highest BCUT2D eigenvalue weighted by Crippen LogP contribution is 2.45. The third kappa shape index (κ3) is 2.49. The minimum Gasteiger partial charge on any atom is -0.384 e. The highest BCUT2D eigenvalue weighted by molar-refractivity contribution is 7.89. The lowest BCUT2D eigenvalue weighted by atomic mass is 10.1. The molecule has 1 aromatic heterocycles. The first kappa shape index (κ1) is 11.9. The Bertz CT molecular complexity index is 538. The number of anilines is 1. The van der Waals surface area contributed by atoms with E-state index in [2.05, 4.69) is 9.71 Å². The lowest BCUT2D eigenvalue weighted by Crippen LogP contribution is -2.38. The predicted octanol–water partition coefficient (Wildman–Crippen LogP) is 1.13. The zero-order valence-corrected chi connectivity index (χ0v) is 10.9. The monoisotopic (exact) mass is 267 g/mol. The molecule has 0 aliphatic heterocycles. The van der Waals surface area contributed by atoms with Crippen molar-refractivity contribution in [1.29, 1.82) is 0 Å². The molecular weight excluding hydrogens is 250 g/mol. The van der Waals surface area contributed by atoms with Crippen molar-refractivity contribution < 1.29 is 8.42 Å². The average Bonchev–Trinajstić information content (AvgIpc) is 3.17. The first-order valence-corrected chi connectivity index (χ1v) is 7.78. The summed E-state index contributed by atoms with van der Waals surface area (Å²) in [5.41, 5.74) is 5.53. The van der Waals surface area contributed by atoms with E-state index in [0.717, 1.165) is 25.7 Å². The van der Waals surface area contributed by atoms with Gasteiger partial charge in [-0.15, -0.1) is 0 Å². The summed E-state index contributed by atoms with van der Waals surface area (Å²) in [6.07, 6.45) is 5.99. The van der Waals surface area contributed by atoms with Crippen molar-refractivity contribution in [2.45, 2.75) is 36.6 Å². The maximum absolute atomic E-state index is 12.3. The van der Waals surface area contributed by atoms with Gasteiger partial charge in [-0.3, -0.25) is 0 Å². The van der Waals surface area contributed by atoms with Crippen LogP contribution in [0.4, 0.5) is 5.82 Å². The van der Waals surface area contributed by atoms with Crippen molar-refractivity contribution in [2.75, 3.05) is 5.73 Å². The van der Waals surface area contributed by atoms with Crippen LogP contribution in [-0.2, 0) is 10.0 Å². The van der Waals surface area contributed by atoms with Crippen molar-refractivity contribution >= 4 is 15.8 Å². The summed E-state index contributed by atoms with van der Waals surface area (Å²) in [5, 5.41) is 0. The molecule has 2 aliphatic carbocycles. The van der Waals surface area contributed by atoms with Gasteiger partial charge in [0, 0.05) is 18.3 Å². The van der Waals surface area contributed by atoms with Gasteiger partial charge in [0.2, 0.25) is 10.0 Å². The molecule has 0 unspecified atom stereocenters. The molecule has 3 N–H and O–H groups in total. The molecule has 0 bridgehead atoms. The Morgan fingerprint density at radius 1 is 1.28 bits per heavy atom. The number of rotatable bonds is 5. The zero-order chi connectivity index (χ0) is 12.8. The average molecular weight is 267 g/mol. The fraction of sp³-hybridized carbons (Fsp3) is 0.583. The number of sulfonamides is 1. The number of nitrogens with two attached hydrogens (primary N) is 1. The van der Waals surface area contributed by atoms with Crippen LogP contribution in [0.3, 0.4) is 0 Å². The minimum absolute atomic E-state index is 0.115. The zero-order valence-electron chi connectivity index (χ0n) is 10.0. The molecule has 98 valence electrons. The Hall–Kier alpha value is -1.14. The van der Waals surface area contributed by atoms with E-state index in [1.807, 2.05) is 0 Å². The Balaban J connectivity index is 1.81. The Morgan fingerprint density at radius 2 is 1.89 bits per heavy atom. The Labute approximate surface area is 107 Å². The fourth-order valence-corrected chi connectivity index (χ4v) is 3.73. The fourth-order valence-electron chi connectivity index (χ4n) is 2.33. The molecule has 0 atom stereocenters. The standard InChI is InChI=1S/C12H17N3O2S/c13-11-7-10(5-6-14-11)18(16,17)15-12(8-1-2-8)9-3-4-9/h5-9,12,15H,1-4H2,(H2,13,14). The van der Waals surface area contributed by atoms with Gasteiger partial charge in [0.15, 0.2) is 0 Å². The number of aromatic nitrogens is 1. The number of pyridine rings is 1. The second kappa shape index (κ2) is 4.20. The van der Waals surface area contributed by atoms with E-state index in [9.17, 15) is 8.42 Å². The number of hydrogen-bond donors (Lipinski definition) is 2. The molecule has 2 aliphatic rings. The highest BCUT2D eigenvalue weighted by atomic mass is 32.2. The normalized spacial score (nSPS) is 20.3. The summed E-state index contributed by atoms with van der Waals surface area (Å²) < 4.78 is 27.4. The van der Waals surface area contributed by atoms with Crippen LogP contribution in [0.25, 0.3) is 0 Å². The molecule has 1 heterocycles. The highest BCUT2D eigenvalue weighted by Gasteiger charge is 2.43. The van der Waals surface area contributed by atoms with Crippen LogP contribution in [0.5, 0.6) is 0 Å². The van der Waals surface area contributed by atoms with Crippen LogP contribution < -0.4 is 10.5 Å². The van der Waals surface area contributed by atoms with Crippen LogP contribution in [0.1, 0.15) is 25.7 Å². The number of nitrogens with one attached hydrogen (secondary N) is 1. The summed E-state index contributed by atoms with van der Waals surface area (Å²) in [6, 6.07) is 3.00. The SMILES string of the molecule is Nc1cc(S(=O)(=O)NC(C2CC2)C2CC2)ccn1. The van der Waals surface area contributed by atoms with Crippen molar-refractivity contribution in [3.8, 4) is 0 Å². The van der Waals surface area contributed by atoms with Gasteiger partial charge in [0.25, 0.3) is 0 Å². The first-order chi connectivity index (χ1) is 8.56. The molecule has 6 heteroatoms. The van der Waals surface area contributed by atoms with Crippen LogP contribution in [0.15, 0.2) is 23.2 Å². The van der Waals surface area contributed by atoms with Crippen molar-refractivity contribution in [3.63, 3.8) is 0 Å². The maximum Gasteiger partial charge on any atom is 0.241 e. The molecule has 18 heavy (non-hydrogen) atoms. The molecule has 3 rings (SSSR count). The summed E-state index contributed by atoms with van der Waals surface area (Å²) >= 11 is 0. The molecule has 2 saturated carbocycles. The molecule has 0 saturated heterocycles. The van der Waals surface area contributed by atoms with Gasteiger partial charge < -0.3 is 5.73 Å². The minimum atomic E-state index is -3.46. The van der Waals surface area contributed by atoms with Gasteiger partial charge in [-0.25, -0.2) is 18.1 Å². The van der Waals surface area contributed by atoms with Gasteiger partial charge in [-0.2, -0.15) is 0 Å². The van der Waals surface area contributed by atoms with Crippen molar-refractivity contribution in [1.82, 2.24) is 9.71 Å². The Kier molecular flexibility index (Phi) is 2.79. The first-order valence-electron chi connectivity index (χ1n) is 6.30. The van der Waals surface area contributed by atoms with E-state index in [-0.39, 0.29) is 16.8 Å². The van der Waals surface area contributed by atoms with E-state index in [0.29, 0.717) is 11.8 Å². The smallest absolute Gasteiger partial charge is 0.241 e. The molecule has 0 amide bonds. The van der Waals surface area contributed by atoms with Crippen LogP contribution in [0.2, 0.25) is 0 Å². The van der Waals surface area contributed by atoms with Gasteiger partial charge >= 0.3 is 0 Å². The van der Waals surface area contributed by atoms with E-state index < -0.39 is 10.0 Å². The summed E-state index contributed by atoms with van der Waals surface area (Å²) in [7, 11) is -3.46.